The second kappa shape index (κ2) is 11.3. The molecule has 1 aliphatic rings. The number of benzene rings is 3. The van der Waals surface area contributed by atoms with Crippen molar-refractivity contribution in [1.82, 2.24) is 10.2 Å². The smallest absolute Gasteiger partial charge is 0.317 e. The Labute approximate surface area is 211 Å². The number of carbonyl (C=O) groups excluding carboxylic acids is 1. The molecule has 3 aromatic carbocycles. The quantitative estimate of drug-likeness (QED) is 0.284. The predicted octanol–water partition coefficient (Wildman–Crippen LogP) is 5.19. The van der Waals surface area contributed by atoms with Gasteiger partial charge in [0, 0.05) is 36.8 Å². The predicted molar refractivity (Wildman–Crippen MR) is 148 cm³/mol. The van der Waals surface area contributed by atoms with Crippen LogP contribution in [0.5, 0.6) is 0 Å². The second-order valence-corrected chi connectivity index (χ2v) is 9.43. The van der Waals surface area contributed by atoms with E-state index < -0.39 is 0 Å². The number of anilines is 1. The maximum absolute atomic E-state index is 13.0. The Kier molecular flexibility index (Phi) is 7.92. The number of thioether (sulfide) groups is 1. The van der Waals surface area contributed by atoms with Crippen molar-refractivity contribution in [3.63, 3.8) is 0 Å². The second-order valence-electron chi connectivity index (χ2n) is 8.58. The molecule has 0 saturated carbocycles. The van der Waals surface area contributed by atoms with Crippen LogP contribution in [0.25, 0.3) is 10.8 Å². The largest absolute Gasteiger partial charge is 0.387 e. The van der Waals surface area contributed by atoms with Gasteiger partial charge in [-0.15, -0.1) is 11.8 Å². The molecular weight excluding hydrogens is 456 g/mol. The average molecular weight is 489 g/mol. The summed E-state index contributed by atoms with van der Waals surface area (Å²) in [5.41, 5.74) is 8.71. The number of carbonyl (C=O) groups is 1. The van der Waals surface area contributed by atoms with E-state index in [9.17, 15) is 4.79 Å². The van der Waals surface area contributed by atoms with Crippen LogP contribution >= 0.6 is 11.8 Å². The molecule has 1 saturated heterocycles. The molecule has 3 aromatic rings. The first kappa shape index (κ1) is 24.6. The van der Waals surface area contributed by atoms with Gasteiger partial charge in [-0.1, -0.05) is 42.5 Å². The molecule has 0 aliphatic carbocycles. The minimum atomic E-state index is -0.0729. The van der Waals surface area contributed by atoms with Crippen molar-refractivity contribution in [2.75, 3.05) is 37.3 Å². The molecule has 8 heteroatoms. The fourth-order valence-electron chi connectivity index (χ4n) is 4.30. The van der Waals surface area contributed by atoms with Crippen LogP contribution in [-0.4, -0.2) is 55.5 Å². The summed E-state index contributed by atoms with van der Waals surface area (Å²) in [5, 5.41) is 5.56. The standard InChI is InChI=1S/C27H32N6OS/c1-19(23-10-6-8-21-7-4-5-9-24(21)23)31-27(34)33-15-13-32(14-16-33)22-11-12-25(26(17-22)35-3)30-18-29-20(2)28/h4-12,17-19H,13-16H2,1-3H3,(H,31,34)(H2,28,29,30). The Balaban J connectivity index is 1.37. The Morgan fingerprint density at radius 3 is 2.57 bits per heavy atom. The third-order valence-electron chi connectivity index (χ3n) is 6.18. The van der Waals surface area contributed by atoms with Crippen LogP contribution in [0.3, 0.4) is 0 Å². The van der Waals surface area contributed by atoms with E-state index in [1.54, 1.807) is 18.7 Å². The molecule has 3 N–H and O–H groups in total. The lowest BCUT2D eigenvalue weighted by atomic mass is 10.00. The van der Waals surface area contributed by atoms with E-state index >= 15 is 0 Å². The summed E-state index contributed by atoms with van der Waals surface area (Å²) in [6.07, 6.45) is 3.52. The van der Waals surface area contributed by atoms with Crippen LogP contribution in [0.1, 0.15) is 25.5 Å². The fraction of sp³-hybridized carbons (Fsp3) is 0.296. The van der Waals surface area contributed by atoms with E-state index in [2.05, 4.69) is 56.6 Å². The highest BCUT2D eigenvalue weighted by molar-refractivity contribution is 7.98. The van der Waals surface area contributed by atoms with Crippen LogP contribution < -0.4 is 16.0 Å². The Morgan fingerprint density at radius 2 is 1.83 bits per heavy atom. The van der Waals surface area contributed by atoms with Gasteiger partial charge in [0.25, 0.3) is 0 Å². The molecule has 1 atom stereocenters. The van der Waals surface area contributed by atoms with Gasteiger partial charge in [0.15, 0.2) is 0 Å². The average Bonchev–Trinajstić information content (AvgIpc) is 2.88. The van der Waals surface area contributed by atoms with Crippen molar-refractivity contribution < 1.29 is 4.79 Å². The highest BCUT2D eigenvalue weighted by Crippen LogP contribution is 2.32. The van der Waals surface area contributed by atoms with E-state index in [-0.39, 0.29) is 12.1 Å². The zero-order valence-corrected chi connectivity index (χ0v) is 21.3. The third-order valence-corrected chi connectivity index (χ3v) is 6.95. The number of hydrogen-bond donors (Lipinski definition) is 2. The van der Waals surface area contributed by atoms with E-state index in [0.29, 0.717) is 18.9 Å². The molecule has 2 amide bonds. The van der Waals surface area contributed by atoms with Gasteiger partial charge in [-0.3, -0.25) is 0 Å². The van der Waals surface area contributed by atoms with Crippen LogP contribution in [0.15, 0.2) is 75.5 Å². The Bertz CT molecular complexity index is 1240. The van der Waals surface area contributed by atoms with Gasteiger partial charge in [0.1, 0.15) is 6.34 Å². The van der Waals surface area contributed by atoms with Gasteiger partial charge in [0.05, 0.1) is 17.6 Å². The Hall–Kier alpha value is -3.52. The van der Waals surface area contributed by atoms with E-state index in [1.807, 2.05) is 42.3 Å². The number of amides is 2. The number of nitrogens with one attached hydrogen (secondary N) is 1. The van der Waals surface area contributed by atoms with Crippen LogP contribution in [-0.2, 0) is 0 Å². The van der Waals surface area contributed by atoms with Gasteiger partial charge < -0.3 is 20.9 Å². The number of piperazine rings is 1. The molecule has 1 aliphatic heterocycles. The first-order chi connectivity index (χ1) is 17.0. The normalized spacial score (nSPS) is 15.6. The van der Waals surface area contributed by atoms with E-state index in [0.717, 1.165) is 34.9 Å². The lowest BCUT2D eigenvalue weighted by Gasteiger charge is -2.36. The summed E-state index contributed by atoms with van der Waals surface area (Å²) in [7, 11) is 0. The molecule has 0 bridgehead atoms. The molecule has 0 spiro atoms. The molecule has 1 fully saturated rings. The number of urea groups is 1. The number of amidine groups is 1. The summed E-state index contributed by atoms with van der Waals surface area (Å²) in [6, 6.07) is 20.7. The van der Waals surface area contributed by atoms with E-state index in [1.165, 1.54) is 17.1 Å². The first-order valence-corrected chi connectivity index (χ1v) is 13.0. The van der Waals surface area contributed by atoms with Crippen LogP contribution in [0, 0.1) is 0 Å². The maximum Gasteiger partial charge on any atom is 0.317 e. The van der Waals surface area contributed by atoms with Gasteiger partial charge >= 0.3 is 6.03 Å². The van der Waals surface area contributed by atoms with Crippen molar-refractivity contribution in [1.29, 1.82) is 0 Å². The van der Waals surface area contributed by atoms with Gasteiger partial charge in [-0.2, -0.15) is 0 Å². The number of hydrogen-bond acceptors (Lipinski definition) is 4. The molecule has 0 radical (unpaired) electrons. The Morgan fingerprint density at radius 1 is 1.09 bits per heavy atom. The molecule has 35 heavy (non-hydrogen) atoms. The monoisotopic (exact) mass is 488 g/mol. The zero-order chi connectivity index (χ0) is 24.8. The summed E-state index contributed by atoms with van der Waals surface area (Å²) < 4.78 is 0. The number of rotatable bonds is 6. The summed E-state index contributed by atoms with van der Waals surface area (Å²) in [4.78, 5) is 26.7. The minimum absolute atomic E-state index is 0.0182. The topological polar surface area (TPSA) is 86.3 Å². The van der Waals surface area contributed by atoms with Gasteiger partial charge in [-0.25, -0.2) is 14.8 Å². The minimum Gasteiger partial charge on any atom is -0.387 e. The van der Waals surface area contributed by atoms with Crippen molar-refractivity contribution in [3.05, 3.63) is 66.2 Å². The van der Waals surface area contributed by atoms with Crippen molar-refractivity contribution in [2.45, 2.75) is 24.8 Å². The number of fused-ring (bicyclic) bond motifs is 1. The number of nitrogens with zero attached hydrogens (tertiary/aromatic N) is 4. The first-order valence-electron chi connectivity index (χ1n) is 11.7. The molecule has 1 heterocycles. The van der Waals surface area contributed by atoms with E-state index in [4.69, 9.17) is 5.73 Å². The summed E-state index contributed by atoms with van der Waals surface area (Å²) in [6.45, 7) is 6.69. The molecule has 0 aromatic heterocycles. The molecular formula is C27H32N6OS. The van der Waals surface area contributed by atoms with Crippen molar-refractivity contribution >= 4 is 52.1 Å². The van der Waals surface area contributed by atoms with Crippen molar-refractivity contribution in [3.8, 4) is 0 Å². The third kappa shape index (κ3) is 5.95. The lowest BCUT2D eigenvalue weighted by Crippen LogP contribution is -2.52. The molecule has 4 rings (SSSR count). The van der Waals surface area contributed by atoms with Crippen molar-refractivity contribution in [2.24, 2.45) is 15.7 Å². The molecule has 182 valence electrons. The maximum atomic E-state index is 13.0. The fourth-order valence-corrected chi connectivity index (χ4v) is 4.87. The van der Waals surface area contributed by atoms with Gasteiger partial charge in [-0.05, 0) is 54.6 Å². The zero-order valence-electron chi connectivity index (χ0n) is 20.4. The highest BCUT2D eigenvalue weighted by atomic mass is 32.2. The van der Waals surface area contributed by atoms with Crippen LogP contribution in [0.4, 0.5) is 16.2 Å². The van der Waals surface area contributed by atoms with Gasteiger partial charge in [0.2, 0.25) is 0 Å². The molecule has 7 nitrogen and oxygen atoms in total. The SMILES string of the molecule is CSc1cc(N2CCN(C(=O)NC(C)c3cccc4ccccc34)CC2)ccc1N=CN=C(C)N. The summed E-state index contributed by atoms with van der Waals surface area (Å²) in [5.74, 6) is 0.476. The lowest BCUT2D eigenvalue weighted by molar-refractivity contribution is 0.191. The highest BCUT2D eigenvalue weighted by Gasteiger charge is 2.23. The molecule has 1 unspecified atom stereocenters. The number of aliphatic imine (C=N–C) groups is 2. The summed E-state index contributed by atoms with van der Waals surface area (Å²) >= 11 is 1.65. The number of nitrogens with two attached hydrogens (primary N) is 1. The van der Waals surface area contributed by atoms with Crippen LogP contribution in [0.2, 0.25) is 0 Å².